The molecule has 0 bridgehead atoms. The first-order chi connectivity index (χ1) is 8.63. The Balaban J connectivity index is 2.04. The highest BCUT2D eigenvalue weighted by Crippen LogP contribution is 2.24. The molecule has 0 unspecified atom stereocenters. The van der Waals surface area contributed by atoms with Crippen LogP contribution in [0.25, 0.3) is 0 Å². The summed E-state index contributed by atoms with van der Waals surface area (Å²) in [6.07, 6.45) is 1.21. The first kappa shape index (κ1) is 13.2. The number of rotatable bonds is 3. The molecule has 0 aromatic heterocycles. The zero-order valence-electron chi connectivity index (χ0n) is 9.95. The molecule has 1 saturated heterocycles. The first-order valence-corrected chi connectivity index (χ1v) is 6.24. The highest BCUT2D eigenvalue weighted by Gasteiger charge is 2.29. The molecule has 4 nitrogen and oxygen atoms in total. The van der Waals surface area contributed by atoms with E-state index in [-0.39, 0.29) is 0 Å². The van der Waals surface area contributed by atoms with E-state index >= 15 is 0 Å². The number of nitriles is 1. The Morgan fingerprint density at radius 2 is 2.17 bits per heavy atom. The van der Waals surface area contributed by atoms with E-state index in [9.17, 15) is 5.11 Å². The van der Waals surface area contributed by atoms with Crippen LogP contribution < -0.4 is 5.32 Å². The number of aliphatic hydroxyl groups is 1. The highest BCUT2D eigenvalue weighted by atomic mass is 35.5. The molecule has 18 heavy (non-hydrogen) atoms. The van der Waals surface area contributed by atoms with Gasteiger partial charge in [-0.1, -0.05) is 11.6 Å². The zero-order chi connectivity index (χ0) is 13.0. The van der Waals surface area contributed by atoms with Crippen molar-refractivity contribution < 1.29 is 9.84 Å². The van der Waals surface area contributed by atoms with Gasteiger partial charge in [-0.25, -0.2) is 0 Å². The van der Waals surface area contributed by atoms with E-state index < -0.39 is 5.60 Å². The van der Waals surface area contributed by atoms with Crippen LogP contribution in [0.15, 0.2) is 18.2 Å². The summed E-state index contributed by atoms with van der Waals surface area (Å²) < 4.78 is 5.22. The molecule has 1 heterocycles. The van der Waals surface area contributed by atoms with Crippen LogP contribution in [0, 0.1) is 11.3 Å². The number of hydrogen-bond acceptors (Lipinski definition) is 4. The van der Waals surface area contributed by atoms with E-state index in [2.05, 4.69) is 11.4 Å². The standard InChI is InChI=1S/C13H15ClN2O2/c14-11-1-2-12(10(7-11)8-15)16-9-13(17)3-5-18-6-4-13/h1-2,7,16-17H,3-6,9H2. The fourth-order valence-electron chi connectivity index (χ4n) is 1.95. The van der Waals surface area contributed by atoms with Crippen molar-refractivity contribution >= 4 is 17.3 Å². The topological polar surface area (TPSA) is 65.3 Å². The second-order valence-electron chi connectivity index (χ2n) is 4.49. The van der Waals surface area contributed by atoms with Crippen LogP contribution >= 0.6 is 11.6 Å². The van der Waals surface area contributed by atoms with Gasteiger partial charge in [0, 0.05) is 37.6 Å². The van der Waals surface area contributed by atoms with Gasteiger partial charge in [0.05, 0.1) is 16.9 Å². The van der Waals surface area contributed by atoms with Crippen molar-refractivity contribution in [2.45, 2.75) is 18.4 Å². The van der Waals surface area contributed by atoms with Crippen molar-refractivity contribution in [1.29, 1.82) is 5.26 Å². The van der Waals surface area contributed by atoms with E-state index in [1.807, 2.05) is 0 Å². The van der Waals surface area contributed by atoms with Gasteiger partial charge in [-0.05, 0) is 18.2 Å². The molecular formula is C13H15ClN2O2. The van der Waals surface area contributed by atoms with Gasteiger partial charge in [-0.2, -0.15) is 5.26 Å². The summed E-state index contributed by atoms with van der Waals surface area (Å²) in [5, 5.41) is 23.0. The van der Waals surface area contributed by atoms with Crippen LogP contribution in [-0.4, -0.2) is 30.5 Å². The SMILES string of the molecule is N#Cc1cc(Cl)ccc1NCC1(O)CCOCC1. The maximum absolute atomic E-state index is 10.3. The van der Waals surface area contributed by atoms with Crippen molar-refractivity contribution in [3.8, 4) is 6.07 Å². The third-order valence-electron chi connectivity index (χ3n) is 3.13. The van der Waals surface area contributed by atoms with Crippen LogP contribution in [-0.2, 0) is 4.74 Å². The quantitative estimate of drug-likeness (QED) is 0.880. The largest absolute Gasteiger partial charge is 0.388 e. The summed E-state index contributed by atoms with van der Waals surface area (Å²) in [5.41, 5.74) is 0.421. The number of ether oxygens (including phenoxy) is 1. The molecule has 0 spiro atoms. The third-order valence-corrected chi connectivity index (χ3v) is 3.37. The number of nitrogens with one attached hydrogen (secondary N) is 1. The lowest BCUT2D eigenvalue weighted by Crippen LogP contribution is -2.42. The highest BCUT2D eigenvalue weighted by molar-refractivity contribution is 6.30. The number of nitrogens with zero attached hydrogens (tertiary/aromatic N) is 1. The predicted molar refractivity (Wildman–Crippen MR) is 69.7 cm³/mol. The molecule has 1 fully saturated rings. The zero-order valence-corrected chi connectivity index (χ0v) is 10.7. The van der Waals surface area contributed by atoms with Gasteiger partial charge >= 0.3 is 0 Å². The minimum atomic E-state index is -0.759. The van der Waals surface area contributed by atoms with Gasteiger partial charge in [0.25, 0.3) is 0 Å². The van der Waals surface area contributed by atoms with Gasteiger partial charge in [0.2, 0.25) is 0 Å². The molecule has 1 aromatic rings. The maximum Gasteiger partial charge on any atom is 0.101 e. The number of anilines is 1. The summed E-state index contributed by atoms with van der Waals surface area (Å²) in [7, 11) is 0. The lowest BCUT2D eigenvalue weighted by atomic mass is 9.94. The van der Waals surface area contributed by atoms with Gasteiger partial charge in [0.1, 0.15) is 6.07 Å². The van der Waals surface area contributed by atoms with Gasteiger partial charge in [-0.3, -0.25) is 0 Å². The van der Waals surface area contributed by atoms with E-state index in [4.69, 9.17) is 21.6 Å². The van der Waals surface area contributed by atoms with Crippen molar-refractivity contribution in [3.05, 3.63) is 28.8 Å². The van der Waals surface area contributed by atoms with E-state index in [1.54, 1.807) is 18.2 Å². The van der Waals surface area contributed by atoms with Crippen LogP contribution in [0.4, 0.5) is 5.69 Å². The number of hydrogen-bond donors (Lipinski definition) is 2. The molecule has 0 amide bonds. The summed E-state index contributed by atoms with van der Waals surface area (Å²) in [6, 6.07) is 7.17. The molecule has 1 aromatic carbocycles. The van der Waals surface area contributed by atoms with E-state index in [1.165, 1.54) is 0 Å². The molecule has 5 heteroatoms. The predicted octanol–water partition coefficient (Wildman–Crippen LogP) is 2.17. The second kappa shape index (κ2) is 5.57. The Morgan fingerprint density at radius 1 is 1.44 bits per heavy atom. The summed E-state index contributed by atoms with van der Waals surface area (Å²) >= 11 is 5.83. The molecular weight excluding hydrogens is 252 g/mol. The van der Waals surface area contributed by atoms with Crippen LogP contribution in [0.2, 0.25) is 5.02 Å². The number of halogens is 1. The molecule has 0 aliphatic carbocycles. The molecule has 0 saturated carbocycles. The fourth-order valence-corrected chi connectivity index (χ4v) is 2.12. The smallest absolute Gasteiger partial charge is 0.101 e. The molecule has 1 aliphatic heterocycles. The van der Waals surface area contributed by atoms with Crippen LogP contribution in [0.5, 0.6) is 0 Å². The first-order valence-electron chi connectivity index (χ1n) is 5.87. The summed E-state index contributed by atoms with van der Waals surface area (Å²) in [4.78, 5) is 0. The van der Waals surface area contributed by atoms with Gasteiger partial charge in [-0.15, -0.1) is 0 Å². The van der Waals surface area contributed by atoms with Crippen molar-refractivity contribution in [3.63, 3.8) is 0 Å². The van der Waals surface area contributed by atoms with Gasteiger partial charge in [0.15, 0.2) is 0 Å². The Labute approximate surface area is 111 Å². The molecule has 2 N–H and O–H groups in total. The average Bonchev–Trinajstić information content (AvgIpc) is 2.38. The Morgan fingerprint density at radius 3 is 2.83 bits per heavy atom. The van der Waals surface area contributed by atoms with Crippen molar-refractivity contribution in [2.24, 2.45) is 0 Å². The normalized spacial score (nSPS) is 18.1. The third kappa shape index (κ3) is 3.14. The second-order valence-corrected chi connectivity index (χ2v) is 4.93. The summed E-state index contributed by atoms with van der Waals surface area (Å²) in [5.74, 6) is 0. The van der Waals surface area contributed by atoms with E-state index in [0.717, 1.165) is 0 Å². The van der Waals surface area contributed by atoms with Crippen molar-refractivity contribution in [2.75, 3.05) is 25.1 Å². The summed E-state index contributed by atoms with van der Waals surface area (Å²) in [6.45, 7) is 1.56. The Kier molecular flexibility index (Phi) is 4.07. The van der Waals surface area contributed by atoms with Crippen molar-refractivity contribution in [1.82, 2.24) is 0 Å². The van der Waals surface area contributed by atoms with Gasteiger partial charge < -0.3 is 15.2 Å². The monoisotopic (exact) mass is 266 g/mol. The molecule has 2 rings (SSSR count). The van der Waals surface area contributed by atoms with Crippen LogP contribution in [0.3, 0.4) is 0 Å². The van der Waals surface area contributed by atoms with E-state index in [0.29, 0.717) is 48.9 Å². The minimum absolute atomic E-state index is 0.409. The van der Waals surface area contributed by atoms with Crippen LogP contribution in [0.1, 0.15) is 18.4 Å². The molecule has 1 aliphatic rings. The Bertz CT molecular complexity index is 465. The lowest BCUT2D eigenvalue weighted by molar-refractivity contribution is -0.0543. The maximum atomic E-state index is 10.3. The lowest BCUT2D eigenvalue weighted by Gasteiger charge is -2.32. The molecule has 0 atom stereocenters. The Hall–Kier alpha value is -1.28. The average molecular weight is 267 g/mol. The molecule has 96 valence electrons. The minimum Gasteiger partial charge on any atom is -0.388 e. The number of benzene rings is 1. The fraction of sp³-hybridized carbons (Fsp3) is 0.462. The molecule has 0 radical (unpaired) electrons.